The van der Waals surface area contributed by atoms with Crippen molar-refractivity contribution in [1.29, 1.82) is 0 Å². The van der Waals surface area contributed by atoms with Crippen LogP contribution in [0.15, 0.2) is 33.5 Å². The Labute approximate surface area is 150 Å². The van der Waals surface area contributed by atoms with E-state index >= 15 is 0 Å². The van der Waals surface area contributed by atoms with E-state index in [0.717, 1.165) is 43.8 Å². The number of halogens is 1. The highest BCUT2D eigenvalue weighted by Crippen LogP contribution is 2.28. The largest absolute Gasteiger partial charge is 0.346 e. The van der Waals surface area contributed by atoms with Crippen molar-refractivity contribution < 1.29 is 13.4 Å². The van der Waals surface area contributed by atoms with Crippen molar-refractivity contribution in [3.8, 4) is 0 Å². The van der Waals surface area contributed by atoms with Gasteiger partial charge in [0.25, 0.3) is 5.91 Å². The van der Waals surface area contributed by atoms with Crippen molar-refractivity contribution in [3.63, 3.8) is 0 Å². The Morgan fingerprint density at radius 2 is 2.12 bits per heavy atom. The number of nitrogens with zero attached hydrogens (tertiary/aromatic N) is 3. The Morgan fingerprint density at radius 3 is 2.80 bits per heavy atom. The molecule has 2 atom stereocenters. The van der Waals surface area contributed by atoms with Gasteiger partial charge in [-0.3, -0.25) is 4.79 Å². The molecule has 3 saturated heterocycles. The van der Waals surface area contributed by atoms with Crippen molar-refractivity contribution in [2.45, 2.75) is 28.1 Å². The van der Waals surface area contributed by atoms with Gasteiger partial charge in [0.2, 0.25) is 9.35 Å². The Morgan fingerprint density at radius 1 is 1.32 bits per heavy atom. The maximum absolute atomic E-state index is 13.3. The molecular formula is C16H17FN4O2S2. The summed E-state index contributed by atoms with van der Waals surface area (Å²) in [5.74, 6) is -0.225. The van der Waals surface area contributed by atoms with Crippen LogP contribution in [-0.2, 0) is 10.8 Å². The number of benzene rings is 1. The highest BCUT2D eigenvalue weighted by Gasteiger charge is 2.35. The van der Waals surface area contributed by atoms with Gasteiger partial charge < -0.3 is 10.2 Å². The minimum Gasteiger partial charge on any atom is -0.346 e. The lowest BCUT2D eigenvalue weighted by Crippen LogP contribution is -2.57. The Balaban J connectivity index is 1.45. The third-order valence-corrected chi connectivity index (χ3v) is 7.24. The summed E-state index contributed by atoms with van der Waals surface area (Å²) in [6.45, 7) is 3.08. The van der Waals surface area contributed by atoms with E-state index in [4.69, 9.17) is 0 Å². The average Bonchev–Trinajstić information content (AvgIpc) is 3.12. The number of aromatic nitrogens is 2. The van der Waals surface area contributed by atoms with Gasteiger partial charge in [0, 0.05) is 17.5 Å². The quantitative estimate of drug-likeness (QED) is 0.873. The molecule has 1 N–H and O–H groups in total. The van der Waals surface area contributed by atoms with Crippen molar-refractivity contribution in [3.05, 3.63) is 35.1 Å². The van der Waals surface area contributed by atoms with Gasteiger partial charge in [-0.05, 0) is 50.0 Å². The van der Waals surface area contributed by atoms with Crippen LogP contribution in [0.3, 0.4) is 0 Å². The van der Waals surface area contributed by atoms with Gasteiger partial charge >= 0.3 is 0 Å². The predicted octanol–water partition coefficient (Wildman–Crippen LogP) is 1.67. The van der Waals surface area contributed by atoms with Crippen molar-refractivity contribution in [2.75, 3.05) is 19.6 Å². The van der Waals surface area contributed by atoms with Crippen LogP contribution in [-0.4, -0.2) is 50.9 Å². The van der Waals surface area contributed by atoms with Crippen LogP contribution in [0.25, 0.3) is 0 Å². The van der Waals surface area contributed by atoms with Crippen LogP contribution in [0.5, 0.6) is 0 Å². The number of nitrogens with one attached hydrogen (secondary N) is 1. The molecule has 0 aliphatic carbocycles. The summed E-state index contributed by atoms with van der Waals surface area (Å²) in [6.07, 6.45) is 2.21. The molecule has 25 heavy (non-hydrogen) atoms. The van der Waals surface area contributed by atoms with Gasteiger partial charge in [-0.1, -0.05) is 17.4 Å². The molecule has 5 rings (SSSR count). The van der Waals surface area contributed by atoms with Crippen molar-refractivity contribution >= 4 is 28.0 Å². The van der Waals surface area contributed by atoms with Crippen LogP contribution in [0, 0.1) is 11.7 Å². The fourth-order valence-corrected chi connectivity index (χ4v) is 5.47. The van der Waals surface area contributed by atoms with E-state index in [1.165, 1.54) is 18.2 Å². The first-order valence-corrected chi connectivity index (χ1v) is 10.1. The Kier molecular flexibility index (Phi) is 4.61. The first-order chi connectivity index (χ1) is 12.1. The summed E-state index contributed by atoms with van der Waals surface area (Å²) in [6, 6.07) is 5.67. The molecule has 2 bridgehead atoms. The normalized spacial score (nSPS) is 26.4. The number of rotatable bonds is 4. The number of amides is 1. The zero-order valence-electron chi connectivity index (χ0n) is 13.4. The molecule has 1 amide bonds. The molecule has 3 fully saturated rings. The van der Waals surface area contributed by atoms with E-state index in [1.807, 2.05) is 0 Å². The van der Waals surface area contributed by atoms with Crippen LogP contribution >= 0.6 is 11.3 Å². The molecule has 1 aromatic carbocycles. The molecule has 6 nitrogen and oxygen atoms in total. The van der Waals surface area contributed by atoms with Gasteiger partial charge in [0.05, 0.1) is 0 Å². The summed E-state index contributed by atoms with van der Waals surface area (Å²) < 4.78 is 25.9. The first-order valence-electron chi connectivity index (χ1n) is 8.14. The molecule has 2 unspecified atom stereocenters. The van der Waals surface area contributed by atoms with Gasteiger partial charge in [0.1, 0.15) is 16.6 Å². The van der Waals surface area contributed by atoms with Crippen molar-refractivity contribution in [1.82, 2.24) is 20.4 Å². The average molecular weight is 380 g/mol. The molecule has 3 aliphatic heterocycles. The van der Waals surface area contributed by atoms with Crippen LogP contribution in [0.1, 0.15) is 22.6 Å². The number of piperidine rings is 3. The zero-order chi connectivity index (χ0) is 17.4. The summed E-state index contributed by atoms with van der Waals surface area (Å²) in [5, 5.41) is 11.0. The smallest absolute Gasteiger partial charge is 0.282 e. The molecule has 2 aromatic rings. The van der Waals surface area contributed by atoms with Gasteiger partial charge in [-0.15, -0.1) is 10.2 Å². The molecule has 1 aromatic heterocycles. The van der Waals surface area contributed by atoms with Gasteiger partial charge in [-0.25, -0.2) is 8.60 Å². The van der Waals surface area contributed by atoms with E-state index in [-0.39, 0.29) is 21.3 Å². The third kappa shape index (κ3) is 3.49. The molecule has 3 aliphatic rings. The lowest BCUT2D eigenvalue weighted by Gasteiger charge is -2.44. The Bertz CT molecular complexity index is 820. The van der Waals surface area contributed by atoms with Gasteiger partial charge in [0.15, 0.2) is 0 Å². The molecule has 4 heterocycles. The first kappa shape index (κ1) is 16.7. The van der Waals surface area contributed by atoms with E-state index in [2.05, 4.69) is 20.4 Å². The second kappa shape index (κ2) is 6.89. The minimum atomic E-state index is -1.64. The van der Waals surface area contributed by atoms with Gasteiger partial charge in [-0.2, -0.15) is 0 Å². The lowest BCUT2D eigenvalue weighted by molar-refractivity contribution is 0.0620. The number of carbonyl (C=O) groups is 1. The minimum absolute atomic E-state index is 0.135. The monoisotopic (exact) mass is 380 g/mol. The van der Waals surface area contributed by atoms with E-state index in [0.29, 0.717) is 10.8 Å². The standard InChI is InChI=1S/C16H17FN4O2S2/c17-11-2-1-3-12(8-11)25(23)16-20-19-15(24-16)14(22)18-13-9-21-6-4-10(13)5-7-21/h1-3,8,10,13H,4-7,9H2,(H,18,22). The summed E-state index contributed by atoms with van der Waals surface area (Å²) >= 11 is 0.988. The molecular weight excluding hydrogens is 363 g/mol. The molecule has 0 saturated carbocycles. The summed E-state index contributed by atoms with van der Waals surface area (Å²) in [7, 11) is -1.64. The zero-order valence-corrected chi connectivity index (χ0v) is 15.0. The Hall–Kier alpha value is -1.71. The number of hydrogen-bond donors (Lipinski definition) is 1. The van der Waals surface area contributed by atoms with Crippen LogP contribution in [0.2, 0.25) is 0 Å². The SMILES string of the molecule is O=C(NC1CN2CCC1CC2)c1nnc(S(=O)c2cccc(F)c2)s1. The second-order valence-electron chi connectivity index (χ2n) is 6.32. The van der Waals surface area contributed by atoms with E-state index < -0.39 is 16.6 Å². The fraction of sp³-hybridized carbons (Fsp3) is 0.438. The van der Waals surface area contributed by atoms with Crippen LogP contribution in [0.4, 0.5) is 4.39 Å². The summed E-state index contributed by atoms with van der Waals surface area (Å²) in [5.41, 5.74) is 0. The van der Waals surface area contributed by atoms with E-state index in [1.54, 1.807) is 6.07 Å². The molecule has 9 heteroatoms. The highest BCUT2D eigenvalue weighted by molar-refractivity contribution is 7.87. The molecule has 0 radical (unpaired) electrons. The second-order valence-corrected chi connectivity index (χ2v) is 8.95. The van der Waals surface area contributed by atoms with Crippen molar-refractivity contribution in [2.24, 2.45) is 5.92 Å². The molecule has 132 valence electrons. The summed E-state index contributed by atoms with van der Waals surface area (Å²) in [4.78, 5) is 15.1. The highest BCUT2D eigenvalue weighted by atomic mass is 32.2. The number of hydrogen-bond acceptors (Lipinski definition) is 6. The third-order valence-electron chi connectivity index (χ3n) is 4.74. The maximum Gasteiger partial charge on any atom is 0.282 e. The van der Waals surface area contributed by atoms with E-state index in [9.17, 15) is 13.4 Å². The lowest BCUT2D eigenvalue weighted by atomic mass is 9.84. The fourth-order valence-electron chi connectivity index (χ4n) is 3.42. The maximum atomic E-state index is 13.3. The molecule has 0 spiro atoms. The number of carbonyl (C=O) groups excluding carboxylic acids is 1. The predicted molar refractivity (Wildman–Crippen MR) is 91.4 cm³/mol. The van der Waals surface area contributed by atoms with Crippen LogP contribution < -0.4 is 5.32 Å². The number of fused-ring (bicyclic) bond motifs is 3. The topological polar surface area (TPSA) is 75.2 Å².